The van der Waals surface area contributed by atoms with Gasteiger partial charge in [-0.3, -0.25) is 4.90 Å². The van der Waals surface area contributed by atoms with Gasteiger partial charge in [0.15, 0.2) is 0 Å². The zero-order chi connectivity index (χ0) is 20.9. The number of aromatic amines is 1. The van der Waals surface area contributed by atoms with Crippen LogP contribution in [-0.4, -0.2) is 28.2 Å². The molecule has 2 aromatic carbocycles. The van der Waals surface area contributed by atoms with Gasteiger partial charge in [0, 0.05) is 11.6 Å². The maximum Gasteiger partial charge on any atom is 0.416 e. The summed E-state index contributed by atoms with van der Waals surface area (Å²) in [7, 11) is 0. The summed E-state index contributed by atoms with van der Waals surface area (Å²) >= 11 is 0. The van der Waals surface area contributed by atoms with Crippen molar-refractivity contribution >= 4 is 22.8 Å². The molecule has 156 valence electrons. The number of rotatable bonds is 2. The molecule has 5 rings (SSSR count). The molecule has 0 bridgehead atoms. The number of anilines is 1. The van der Waals surface area contributed by atoms with Crippen molar-refractivity contribution in [1.82, 2.24) is 9.97 Å². The third-order valence-corrected chi connectivity index (χ3v) is 6.15. The number of ether oxygens (including phenoxy) is 1. The number of carbonyl (C=O) groups is 1. The third-order valence-electron chi connectivity index (χ3n) is 6.15. The topological polar surface area (TPSA) is 58.2 Å². The van der Waals surface area contributed by atoms with Gasteiger partial charge in [-0.25, -0.2) is 9.78 Å². The van der Waals surface area contributed by atoms with E-state index < -0.39 is 17.3 Å². The zero-order valence-electron chi connectivity index (χ0n) is 16.1. The summed E-state index contributed by atoms with van der Waals surface area (Å²) in [5, 5.41) is 0. The average Bonchev–Trinajstić information content (AvgIpc) is 3.29. The Morgan fingerprint density at radius 3 is 2.53 bits per heavy atom. The molecule has 0 atom stereocenters. The number of halogens is 3. The molecule has 1 spiro atoms. The molecule has 30 heavy (non-hydrogen) atoms. The van der Waals surface area contributed by atoms with E-state index in [1.165, 1.54) is 6.07 Å². The van der Waals surface area contributed by atoms with Gasteiger partial charge in [-0.15, -0.1) is 0 Å². The Labute approximate surface area is 170 Å². The Bertz CT molecular complexity index is 1090. The van der Waals surface area contributed by atoms with Crippen molar-refractivity contribution in [3.8, 4) is 0 Å². The second kappa shape index (κ2) is 6.75. The molecule has 1 aliphatic heterocycles. The average molecular weight is 415 g/mol. The Morgan fingerprint density at radius 2 is 1.83 bits per heavy atom. The van der Waals surface area contributed by atoms with Gasteiger partial charge >= 0.3 is 12.3 Å². The molecule has 1 aliphatic carbocycles. The molecule has 0 radical (unpaired) electrons. The summed E-state index contributed by atoms with van der Waals surface area (Å²) in [6.07, 6.45) is -1.83. The number of benzene rings is 2. The number of hydrogen-bond donors (Lipinski definition) is 1. The second-order valence-corrected chi connectivity index (χ2v) is 8.10. The van der Waals surface area contributed by atoms with Crippen LogP contribution in [0.4, 0.5) is 23.7 Å². The fourth-order valence-electron chi connectivity index (χ4n) is 4.50. The molecule has 2 heterocycles. The number of para-hydroxylation sites is 1. The van der Waals surface area contributed by atoms with Crippen LogP contribution in [0.5, 0.6) is 0 Å². The van der Waals surface area contributed by atoms with Crippen LogP contribution in [0.2, 0.25) is 0 Å². The highest BCUT2D eigenvalue weighted by Crippen LogP contribution is 2.43. The monoisotopic (exact) mass is 415 g/mol. The maximum absolute atomic E-state index is 12.9. The van der Waals surface area contributed by atoms with Crippen LogP contribution in [0.15, 0.2) is 48.5 Å². The smallest absolute Gasteiger partial charge is 0.416 e. The van der Waals surface area contributed by atoms with Gasteiger partial charge in [0.2, 0.25) is 0 Å². The molecule has 1 amide bonds. The molecule has 8 heteroatoms. The minimum Gasteiger partial charge on any atom is -0.441 e. The predicted octanol–water partition coefficient (Wildman–Crippen LogP) is 5.63. The highest BCUT2D eigenvalue weighted by atomic mass is 19.4. The first-order valence-corrected chi connectivity index (χ1v) is 9.95. The Hall–Kier alpha value is -3.03. The molecule has 2 fully saturated rings. The zero-order valence-corrected chi connectivity index (χ0v) is 16.1. The minimum absolute atomic E-state index is 0.0989. The van der Waals surface area contributed by atoms with E-state index in [0.29, 0.717) is 36.2 Å². The molecule has 5 nitrogen and oxygen atoms in total. The number of alkyl halides is 3. The van der Waals surface area contributed by atoms with Crippen LogP contribution in [0, 0.1) is 0 Å². The molecule has 1 saturated carbocycles. The predicted molar refractivity (Wildman–Crippen MR) is 105 cm³/mol. The van der Waals surface area contributed by atoms with Crippen LogP contribution < -0.4 is 4.90 Å². The van der Waals surface area contributed by atoms with E-state index in [0.717, 1.165) is 30.7 Å². The van der Waals surface area contributed by atoms with Gasteiger partial charge < -0.3 is 9.72 Å². The van der Waals surface area contributed by atoms with Gasteiger partial charge in [0.1, 0.15) is 11.4 Å². The van der Waals surface area contributed by atoms with E-state index in [-0.39, 0.29) is 12.0 Å². The largest absolute Gasteiger partial charge is 0.441 e. The summed E-state index contributed by atoms with van der Waals surface area (Å²) in [4.78, 5) is 21.7. The summed E-state index contributed by atoms with van der Waals surface area (Å²) in [5.74, 6) is 0.797. The molecule has 0 unspecified atom stereocenters. The fraction of sp³-hybridized carbons (Fsp3) is 0.364. The first kappa shape index (κ1) is 19.0. The van der Waals surface area contributed by atoms with Gasteiger partial charge in [0.05, 0.1) is 23.1 Å². The molecule has 3 aromatic rings. The highest BCUT2D eigenvalue weighted by molar-refractivity contribution is 5.90. The lowest BCUT2D eigenvalue weighted by atomic mass is 9.78. The number of H-pyrrole nitrogens is 1. The lowest BCUT2D eigenvalue weighted by molar-refractivity contribution is -0.137. The van der Waals surface area contributed by atoms with Crippen molar-refractivity contribution in [2.45, 2.75) is 43.4 Å². The van der Waals surface area contributed by atoms with E-state index in [2.05, 4.69) is 9.97 Å². The van der Waals surface area contributed by atoms with E-state index in [1.54, 1.807) is 4.90 Å². The summed E-state index contributed by atoms with van der Waals surface area (Å²) in [6, 6.07) is 13.0. The number of nitrogens with one attached hydrogen (secondary N) is 1. The van der Waals surface area contributed by atoms with Crippen LogP contribution in [-0.2, 0) is 10.9 Å². The lowest BCUT2D eigenvalue weighted by Crippen LogP contribution is -2.38. The van der Waals surface area contributed by atoms with Crippen molar-refractivity contribution in [3.63, 3.8) is 0 Å². The molecule has 2 aliphatic rings. The molecule has 1 saturated heterocycles. The maximum atomic E-state index is 12.9. The van der Waals surface area contributed by atoms with Crippen molar-refractivity contribution in [2.24, 2.45) is 0 Å². The second-order valence-electron chi connectivity index (χ2n) is 8.10. The lowest BCUT2D eigenvalue weighted by Gasteiger charge is -2.34. The van der Waals surface area contributed by atoms with Crippen LogP contribution in [0.1, 0.15) is 43.0 Å². The highest BCUT2D eigenvalue weighted by Gasteiger charge is 2.48. The van der Waals surface area contributed by atoms with E-state index in [1.807, 2.05) is 30.3 Å². The van der Waals surface area contributed by atoms with Crippen molar-refractivity contribution in [1.29, 1.82) is 0 Å². The first-order valence-electron chi connectivity index (χ1n) is 9.95. The number of carbonyl (C=O) groups excluding carboxylic acids is 1. The van der Waals surface area contributed by atoms with E-state index in [9.17, 15) is 18.0 Å². The Morgan fingerprint density at radius 1 is 1.10 bits per heavy atom. The van der Waals surface area contributed by atoms with Gasteiger partial charge in [-0.05, 0) is 56.0 Å². The Balaban J connectivity index is 1.31. The molecular weight excluding hydrogens is 395 g/mol. The number of amides is 1. The van der Waals surface area contributed by atoms with E-state index >= 15 is 0 Å². The normalized spacial score (nSPS) is 24.6. The number of nitrogens with zero attached hydrogens (tertiary/aromatic N) is 2. The van der Waals surface area contributed by atoms with Gasteiger partial charge in [-0.2, -0.15) is 13.2 Å². The number of aromatic nitrogens is 2. The third kappa shape index (κ3) is 3.30. The minimum atomic E-state index is -4.39. The summed E-state index contributed by atoms with van der Waals surface area (Å²) in [5.41, 5.74) is 0.524. The van der Waals surface area contributed by atoms with Gasteiger partial charge in [-0.1, -0.05) is 18.2 Å². The molecular formula is C22H20F3N3O2. The number of imidazole rings is 1. The van der Waals surface area contributed by atoms with Crippen LogP contribution in [0.3, 0.4) is 0 Å². The van der Waals surface area contributed by atoms with Crippen molar-refractivity contribution in [3.05, 3.63) is 59.9 Å². The fourth-order valence-corrected chi connectivity index (χ4v) is 4.50. The SMILES string of the molecule is O=C1O[C@]2(CC[C@@H](c3nc4cc(C(F)(F)F)ccc4[nH]3)CC2)CN1c1ccccc1. The number of fused-ring (bicyclic) bond motifs is 1. The molecule has 1 N–H and O–H groups in total. The van der Waals surface area contributed by atoms with Crippen LogP contribution >= 0.6 is 0 Å². The quantitative estimate of drug-likeness (QED) is 0.590. The standard InChI is InChI=1S/C22H20F3N3O2/c23-22(24,25)15-6-7-17-18(12-15)27-19(26-17)14-8-10-21(11-9-14)13-28(20(29)30-21)16-4-2-1-3-5-16/h1-7,12,14H,8-11,13H2,(H,26,27)/t14-,21+. The molecule has 1 aromatic heterocycles. The van der Waals surface area contributed by atoms with Crippen molar-refractivity contribution in [2.75, 3.05) is 11.4 Å². The van der Waals surface area contributed by atoms with Crippen molar-refractivity contribution < 1.29 is 22.7 Å². The summed E-state index contributed by atoms with van der Waals surface area (Å²) < 4.78 is 44.6. The Kier molecular flexibility index (Phi) is 4.27. The summed E-state index contributed by atoms with van der Waals surface area (Å²) in [6.45, 7) is 0.512. The van der Waals surface area contributed by atoms with E-state index in [4.69, 9.17) is 4.74 Å². The van der Waals surface area contributed by atoms with Crippen LogP contribution in [0.25, 0.3) is 11.0 Å². The van der Waals surface area contributed by atoms with Gasteiger partial charge in [0.25, 0.3) is 0 Å². The first-order chi connectivity index (χ1) is 14.3. The number of hydrogen-bond acceptors (Lipinski definition) is 3.